The Morgan fingerprint density at radius 3 is 2.50 bits per heavy atom. The van der Waals surface area contributed by atoms with Crippen molar-refractivity contribution < 1.29 is 4.74 Å². The first kappa shape index (κ1) is 10.6. The van der Waals surface area contributed by atoms with Crippen molar-refractivity contribution in [1.29, 1.82) is 0 Å². The zero-order chi connectivity index (χ0) is 11.2. The van der Waals surface area contributed by atoms with E-state index in [-0.39, 0.29) is 10.8 Å². The monoisotopic (exact) mass is 237 g/mol. The second-order valence-corrected chi connectivity index (χ2v) is 5.51. The van der Waals surface area contributed by atoms with E-state index in [4.69, 9.17) is 22.1 Å². The molecule has 1 saturated carbocycles. The number of rotatable bonds is 3. The van der Waals surface area contributed by atoms with Crippen molar-refractivity contribution >= 4 is 11.6 Å². The minimum atomic E-state index is 0.132. The van der Waals surface area contributed by atoms with Gasteiger partial charge in [-0.3, -0.25) is 0 Å². The van der Waals surface area contributed by atoms with Crippen LogP contribution in [0.5, 0.6) is 0 Å². The first-order valence-corrected chi connectivity index (χ1v) is 6.14. The summed E-state index contributed by atoms with van der Waals surface area (Å²) in [5.41, 5.74) is 7.66. The van der Waals surface area contributed by atoms with Crippen LogP contribution in [0.25, 0.3) is 0 Å². The number of halogens is 1. The molecule has 0 atom stereocenters. The molecule has 2 N–H and O–H groups in total. The fourth-order valence-corrected chi connectivity index (χ4v) is 3.09. The quantitative estimate of drug-likeness (QED) is 0.876. The van der Waals surface area contributed by atoms with Gasteiger partial charge < -0.3 is 10.5 Å². The van der Waals surface area contributed by atoms with Gasteiger partial charge in [0.2, 0.25) is 0 Å². The summed E-state index contributed by atoms with van der Waals surface area (Å²) in [6.45, 7) is 2.35. The van der Waals surface area contributed by atoms with Crippen molar-refractivity contribution in [2.24, 2.45) is 11.1 Å². The second kappa shape index (κ2) is 3.46. The summed E-state index contributed by atoms with van der Waals surface area (Å²) in [4.78, 5) is 0. The fraction of sp³-hybridized carbons (Fsp3) is 0.538. The van der Waals surface area contributed by atoms with E-state index in [2.05, 4.69) is 12.1 Å². The van der Waals surface area contributed by atoms with E-state index in [1.54, 1.807) is 0 Å². The first-order chi connectivity index (χ1) is 7.72. The van der Waals surface area contributed by atoms with Crippen molar-refractivity contribution in [3.05, 3.63) is 34.9 Å². The average Bonchev–Trinajstić information content (AvgIpc) is 2.98. The van der Waals surface area contributed by atoms with Gasteiger partial charge in [0.25, 0.3) is 0 Å². The summed E-state index contributed by atoms with van der Waals surface area (Å²) in [7, 11) is 0. The van der Waals surface area contributed by atoms with E-state index in [1.165, 1.54) is 18.4 Å². The SMILES string of the molecule is NCC1(C2(c3cccc(Cl)c3)COC2)CC1. The third kappa shape index (κ3) is 1.27. The maximum absolute atomic E-state index is 6.07. The van der Waals surface area contributed by atoms with E-state index in [0.29, 0.717) is 0 Å². The smallest absolute Gasteiger partial charge is 0.0591 e. The van der Waals surface area contributed by atoms with Gasteiger partial charge in [-0.15, -0.1) is 0 Å². The maximum atomic E-state index is 6.07. The van der Waals surface area contributed by atoms with Crippen LogP contribution in [-0.4, -0.2) is 19.8 Å². The molecule has 2 nitrogen and oxygen atoms in total. The van der Waals surface area contributed by atoms with Crippen molar-refractivity contribution in [1.82, 2.24) is 0 Å². The summed E-state index contributed by atoms with van der Waals surface area (Å²) in [6, 6.07) is 8.16. The van der Waals surface area contributed by atoms with Gasteiger partial charge in [0.1, 0.15) is 0 Å². The van der Waals surface area contributed by atoms with Crippen LogP contribution in [0.4, 0.5) is 0 Å². The highest BCUT2D eigenvalue weighted by atomic mass is 35.5. The number of hydrogen-bond donors (Lipinski definition) is 1. The van der Waals surface area contributed by atoms with Gasteiger partial charge in [-0.25, -0.2) is 0 Å². The Balaban J connectivity index is 2.02. The normalized spacial score (nSPS) is 24.9. The maximum Gasteiger partial charge on any atom is 0.0591 e. The molecule has 1 aromatic rings. The van der Waals surface area contributed by atoms with Crippen molar-refractivity contribution in [3.8, 4) is 0 Å². The zero-order valence-corrected chi connectivity index (χ0v) is 9.96. The topological polar surface area (TPSA) is 35.2 Å². The Bertz CT molecular complexity index is 410. The lowest BCUT2D eigenvalue weighted by molar-refractivity contribution is -0.0972. The van der Waals surface area contributed by atoms with Crippen LogP contribution < -0.4 is 5.73 Å². The molecule has 0 amide bonds. The summed E-state index contributed by atoms with van der Waals surface area (Å²) in [5.74, 6) is 0. The van der Waals surface area contributed by atoms with Crippen LogP contribution in [0.15, 0.2) is 24.3 Å². The standard InChI is InChI=1S/C13H16ClNO/c14-11-3-1-2-10(6-11)13(8-16-9-13)12(7-15)4-5-12/h1-3,6H,4-5,7-9,15H2. The second-order valence-electron chi connectivity index (χ2n) is 5.07. The molecule has 16 heavy (non-hydrogen) atoms. The molecule has 1 saturated heterocycles. The molecule has 1 aliphatic carbocycles. The lowest BCUT2D eigenvalue weighted by atomic mass is 9.66. The fourth-order valence-electron chi connectivity index (χ4n) is 2.90. The van der Waals surface area contributed by atoms with Gasteiger partial charge in [0, 0.05) is 10.4 Å². The van der Waals surface area contributed by atoms with Crippen molar-refractivity contribution in [2.75, 3.05) is 19.8 Å². The lowest BCUT2D eigenvalue weighted by Gasteiger charge is -2.48. The molecular formula is C13H16ClNO. The average molecular weight is 238 g/mol. The predicted octanol–water partition coefficient (Wildman–Crippen LogP) is 2.35. The molecule has 1 heterocycles. The molecule has 0 radical (unpaired) electrons. The van der Waals surface area contributed by atoms with Gasteiger partial charge in [-0.1, -0.05) is 23.7 Å². The van der Waals surface area contributed by atoms with Gasteiger partial charge >= 0.3 is 0 Å². The van der Waals surface area contributed by atoms with Gasteiger partial charge in [0.05, 0.1) is 13.2 Å². The van der Waals surface area contributed by atoms with E-state index in [1.807, 2.05) is 12.1 Å². The van der Waals surface area contributed by atoms with Crippen LogP contribution in [0, 0.1) is 5.41 Å². The summed E-state index contributed by atoms with van der Waals surface area (Å²) in [6.07, 6.45) is 2.44. The van der Waals surface area contributed by atoms with Crippen LogP contribution in [-0.2, 0) is 10.2 Å². The Morgan fingerprint density at radius 2 is 2.06 bits per heavy atom. The van der Waals surface area contributed by atoms with Gasteiger partial charge in [0.15, 0.2) is 0 Å². The van der Waals surface area contributed by atoms with Crippen LogP contribution >= 0.6 is 11.6 Å². The molecule has 0 aromatic heterocycles. The van der Waals surface area contributed by atoms with E-state index >= 15 is 0 Å². The van der Waals surface area contributed by atoms with Crippen LogP contribution in [0.2, 0.25) is 5.02 Å². The highest BCUT2D eigenvalue weighted by Crippen LogP contribution is 2.61. The van der Waals surface area contributed by atoms with Crippen molar-refractivity contribution in [3.63, 3.8) is 0 Å². The molecule has 0 spiro atoms. The molecule has 86 valence electrons. The molecule has 3 rings (SSSR count). The van der Waals surface area contributed by atoms with Crippen LogP contribution in [0.1, 0.15) is 18.4 Å². The Morgan fingerprint density at radius 1 is 1.31 bits per heavy atom. The zero-order valence-electron chi connectivity index (χ0n) is 9.21. The lowest BCUT2D eigenvalue weighted by Crippen LogP contribution is -2.55. The number of ether oxygens (including phenoxy) is 1. The van der Waals surface area contributed by atoms with Crippen LogP contribution in [0.3, 0.4) is 0 Å². The minimum absolute atomic E-state index is 0.132. The molecule has 2 aliphatic rings. The Hall–Kier alpha value is -0.570. The highest BCUT2D eigenvalue weighted by Gasteiger charge is 2.62. The Kier molecular flexibility index (Phi) is 2.29. The van der Waals surface area contributed by atoms with E-state index < -0.39 is 0 Å². The number of nitrogens with two attached hydrogens (primary N) is 1. The molecule has 0 bridgehead atoms. The van der Waals surface area contributed by atoms with Crippen molar-refractivity contribution in [2.45, 2.75) is 18.3 Å². The predicted molar refractivity (Wildman–Crippen MR) is 64.7 cm³/mol. The molecule has 1 aliphatic heterocycles. The molecule has 2 fully saturated rings. The van der Waals surface area contributed by atoms with E-state index in [0.717, 1.165) is 24.8 Å². The first-order valence-electron chi connectivity index (χ1n) is 5.76. The van der Waals surface area contributed by atoms with Gasteiger partial charge in [-0.2, -0.15) is 0 Å². The molecule has 1 aromatic carbocycles. The summed E-state index contributed by atoms with van der Waals surface area (Å²) in [5, 5.41) is 0.802. The number of benzene rings is 1. The highest BCUT2D eigenvalue weighted by molar-refractivity contribution is 6.30. The summed E-state index contributed by atoms with van der Waals surface area (Å²) < 4.78 is 5.46. The molecular weight excluding hydrogens is 222 g/mol. The molecule has 3 heteroatoms. The number of hydrogen-bond acceptors (Lipinski definition) is 2. The largest absolute Gasteiger partial charge is 0.379 e. The third-order valence-electron chi connectivity index (χ3n) is 4.33. The minimum Gasteiger partial charge on any atom is -0.379 e. The van der Waals surface area contributed by atoms with E-state index in [9.17, 15) is 0 Å². The molecule has 0 unspecified atom stereocenters. The summed E-state index contributed by atoms with van der Waals surface area (Å²) >= 11 is 6.07. The third-order valence-corrected chi connectivity index (χ3v) is 4.57. The Labute approximate surface area is 101 Å². The van der Waals surface area contributed by atoms with Gasteiger partial charge in [-0.05, 0) is 42.5 Å².